The van der Waals surface area contributed by atoms with E-state index in [1.807, 2.05) is 31.9 Å². The molecule has 2 atom stereocenters. The molecule has 0 saturated carbocycles. The average molecular weight is 521 g/mol. The van der Waals surface area contributed by atoms with E-state index in [2.05, 4.69) is 26.5 Å². The SMILES string of the molecule is Cc1ncc2c(-c3ccc(F)cc3C(=O)N3[C@H](C)COC[C@H]3C)cc(C3CN(CC4CCOCC4)C3)cn12. The van der Waals surface area contributed by atoms with Gasteiger partial charge < -0.3 is 23.7 Å². The van der Waals surface area contributed by atoms with E-state index in [0.717, 1.165) is 74.1 Å². The van der Waals surface area contributed by atoms with E-state index in [9.17, 15) is 9.18 Å². The first-order chi connectivity index (χ1) is 18.4. The Kier molecular flexibility index (Phi) is 6.97. The summed E-state index contributed by atoms with van der Waals surface area (Å²) in [6.45, 7) is 11.8. The molecule has 3 fully saturated rings. The van der Waals surface area contributed by atoms with Crippen molar-refractivity contribution in [2.75, 3.05) is 46.1 Å². The number of morpholine rings is 1. The largest absolute Gasteiger partial charge is 0.381 e. The minimum absolute atomic E-state index is 0.0809. The van der Waals surface area contributed by atoms with Crippen molar-refractivity contribution in [3.05, 3.63) is 59.4 Å². The zero-order chi connectivity index (χ0) is 26.4. The van der Waals surface area contributed by atoms with Gasteiger partial charge in [-0.3, -0.25) is 4.79 Å². The van der Waals surface area contributed by atoms with Crippen molar-refractivity contribution in [3.8, 4) is 11.1 Å². The van der Waals surface area contributed by atoms with Crippen LogP contribution in [0.5, 0.6) is 0 Å². The number of ether oxygens (including phenoxy) is 2. The molecule has 3 aliphatic rings. The van der Waals surface area contributed by atoms with Gasteiger partial charge in [0.15, 0.2) is 0 Å². The van der Waals surface area contributed by atoms with Gasteiger partial charge in [-0.2, -0.15) is 0 Å². The van der Waals surface area contributed by atoms with Crippen LogP contribution < -0.4 is 0 Å². The minimum atomic E-state index is -0.412. The first-order valence-corrected chi connectivity index (χ1v) is 13.9. The van der Waals surface area contributed by atoms with Crippen molar-refractivity contribution in [1.82, 2.24) is 19.2 Å². The summed E-state index contributed by atoms with van der Waals surface area (Å²) in [5.41, 5.74) is 4.20. The molecular formula is C30H37FN4O3. The molecule has 0 bridgehead atoms. The normalized spacial score (nSPS) is 23.6. The van der Waals surface area contributed by atoms with Gasteiger partial charge >= 0.3 is 0 Å². The summed E-state index contributed by atoms with van der Waals surface area (Å²) >= 11 is 0. The molecule has 0 aliphatic carbocycles. The fourth-order valence-corrected chi connectivity index (χ4v) is 6.38. The van der Waals surface area contributed by atoms with Crippen LogP contribution >= 0.6 is 0 Å². The molecule has 3 aromatic rings. The third-order valence-corrected chi connectivity index (χ3v) is 8.54. The zero-order valence-electron chi connectivity index (χ0n) is 22.5. The van der Waals surface area contributed by atoms with E-state index >= 15 is 0 Å². The molecule has 0 N–H and O–H groups in total. The zero-order valence-corrected chi connectivity index (χ0v) is 22.5. The van der Waals surface area contributed by atoms with Crippen molar-refractivity contribution in [3.63, 3.8) is 0 Å². The lowest BCUT2D eigenvalue weighted by atomic mass is 9.88. The predicted molar refractivity (Wildman–Crippen MR) is 144 cm³/mol. The maximum absolute atomic E-state index is 14.6. The van der Waals surface area contributed by atoms with Crippen LogP contribution in [0.1, 0.15) is 54.4 Å². The predicted octanol–water partition coefficient (Wildman–Crippen LogP) is 4.52. The smallest absolute Gasteiger partial charge is 0.255 e. The highest BCUT2D eigenvalue weighted by atomic mass is 19.1. The van der Waals surface area contributed by atoms with E-state index in [4.69, 9.17) is 9.47 Å². The molecule has 5 heterocycles. The number of nitrogens with zero attached hydrogens (tertiary/aromatic N) is 4. The number of imidazole rings is 1. The lowest BCUT2D eigenvalue weighted by Gasteiger charge is -2.42. The van der Waals surface area contributed by atoms with Crippen molar-refractivity contribution in [1.29, 1.82) is 0 Å². The first-order valence-electron chi connectivity index (χ1n) is 13.9. The van der Waals surface area contributed by atoms with E-state index in [1.54, 1.807) is 6.07 Å². The molecule has 0 radical (unpaired) electrons. The fourth-order valence-electron chi connectivity index (χ4n) is 6.38. The summed E-state index contributed by atoms with van der Waals surface area (Å²) in [5, 5.41) is 0. The molecule has 3 saturated heterocycles. The molecular weight excluding hydrogens is 483 g/mol. The number of hydrogen-bond acceptors (Lipinski definition) is 5. The number of amides is 1. The second kappa shape index (κ2) is 10.4. The third kappa shape index (κ3) is 4.74. The summed E-state index contributed by atoms with van der Waals surface area (Å²) in [4.78, 5) is 22.9. The molecule has 7 nitrogen and oxygen atoms in total. The second-order valence-corrected chi connectivity index (χ2v) is 11.4. The van der Waals surface area contributed by atoms with Gasteiger partial charge in [0.2, 0.25) is 0 Å². The van der Waals surface area contributed by atoms with Crippen LogP contribution in [-0.4, -0.2) is 83.2 Å². The number of pyridine rings is 1. The standard InChI is InChI=1S/C30H37FN4O3/c1-19-17-38-18-20(2)35(19)30(36)28-11-25(31)4-5-26(28)27-10-23(16-34-21(3)32-12-29(27)34)24-14-33(15-24)13-22-6-8-37-9-7-22/h4-5,10-12,16,19-20,22,24H,6-9,13-15,17-18H2,1-3H3/t19-,20-/m1/s1. The van der Waals surface area contributed by atoms with E-state index in [1.165, 1.54) is 17.7 Å². The Hall–Kier alpha value is -2.81. The van der Waals surface area contributed by atoms with Gasteiger partial charge in [0.1, 0.15) is 11.6 Å². The Morgan fingerprint density at radius 3 is 2.53 bits per heavy atom. The number of halogens is 1. The number of carbonyl (C=O) groups is 1. The Balaban J connectivity index is 1.34. The number of rotatable bonds is 5. The maximum atomic E-state index is 14.6. The molecule has 0 spiro atoms. The second-order valence-electron chi connectivity index (χ2n) is 11.4. The van der Waals surface area contributed by atoms with Gasteiger partial charge in [-0.15, -0.1) is 0 Å². The van der Waals surface area contributed by atoms with Crippen molar-refractivity contribution in [2.45, 2.75) is 51.6 Å². The van der Waals surface area contributed by atoms with Gasteiger partial charge in [0.25, 0.3) is 5.91 Å². The molecule has 38 heavy (non-hydrogen) atoms. The summed E-state index contributed by atoms with van der Waals surface area (Å²) in [6, 6.07) is 6.62. The molecule has 1 aromatic carbocycles. The number of aryl methyl sites for hydroxylation is 1. The Labute approximate surface area is 223 Å². The van der Waals surface area contributed by atoms with Crippen LogP contribution in [0.15, 0.2) is 36.7 Å². The van der Waals surface area contributed by atoms with Crippen LogP contribution in [0.3, 0.4) is 0 Å². The highest BCUT2D eigenvalue weighted by Gasteiger charge is 2.34. The monoisotopic (exact) mass is 520 g/mol. The van der Waals surface area contributed by atoms with Gasteiger partial charge in [0.05, 0.1) is 42.6 Å². The average Bonchev–Trinajstić information content (AvgIpc) is 3.26. The summed E-state index contributed by atoms with van der Waals surface area (Å²) in [5.74, 6) is 1.46. The number of aromatic nitrogens is 2. The first kappa shape index (κ1) is 25.5. The van der Waals surface area contributed by atoms with E-state index in [-0.39, 0.29) is 18.0 Å². The van der Waals surface area contributed by atoms with Gasteiger partial charge in [-0.25, -0.2) is 9.37 Å². The van der Waals surface area contributed by atoms with Gasteiger partial charge in [-0.1, -0.05) is 6.07 Å². The van der Waals surface area contributed by atoms with Crippen molar-refractivity contribution in [2.24, 2.45) is 5.92 Å². The fraction of sp³-hybridized carbons (Fsp3) is 0.533. The van der Waals surface area contributed by atoms with E-state index in [0.29, 0.717) is 24.7 Å². The number of fused-ring (bicyclic) bond motifs is 1. The lowest BCUT2D eigenvalue weighted by Crippen LogP contribution is -2.52. The number of hydrogen-bond donors (Lipinski definition) is 0. The van der Waals surface area contributed by atoms with Crippen molar-refractivity contribution < 1.29 is 18.7 Å². The van der Waals surface area contributed by atoms with Crippen LogP contribution in [0.25, 0.3) is 16.6 Å². The van der Waals surface area contributed by atoms with Crippen LogP contribution in [0.4, 0.5) is 4.39 Å². The number of carbonyl (C=O) groups excluding carboxylic acids is 1. The molecule has 6 rings (SSSR count). The van der Waals surface area contributed by atoms with Crippen LogP contribution in [0.2, 0.25) is 0 Å². The summed E-state index contributed by atoms with van der Waals surface area (Å²) in [7, 11) is 0. The third-order valence-electron chi connectivity index (χ3n) is 8.54. The number of benzene rings is 1. The Bertz CT molecular complexity index is 1320. The van der Waals surface area contributed by atoms with Gasteiger partial charge in [0, 0.05) is 50.5 Å². The molecule has 3 aliphatic heterocycles. The molecule has 0 unspecified atom stereocenters. The van der Waals surface area contributed by atoms with E-state index < -0.39 is 5.82 Å². The highest BCUT2D eigenvalue weighted by Crippen LogP contribution is 2.36. The quantitative estimate of drug-likeness (QED) is 0.495. The van der Waals surface area contributed by atoms with Crippen molar-refractivity contribution >= 4 is 11.4 Å². The molecule has 2 aromatic heterocycles. The number of likely N-dealkylation sites (tertiary alicyclic amines) is 1. The van der Waals surface area contributed by atoms with Gasteiger partial charge in [-0.05, 0) is 68.9 Å². The maximum Gasteiger partial charge on any atom is 0.255 e. The Morgan fingerprint density at radius 2 is 1.79 bits per heavy atom. The summed E-state index contributed by atoms with van der Waals surface area (Å²) < 4.78 is 27.9. The molecule has 202 valence electrons. The molecule has 8 heteroatoms. The summed E-state index contributed by atoms with van der Waals surface area (Å²) in [6.07, 6.45) is 6.33. The molecule has 1 amide bonds. The Morgan fingerprint density at radius 1 is 1.05 bits per heavy atom. The highest BCUT2D eigenvalue weighted by molar-refractivity contribution is 6.03. The lowest BCUT2D eigenvalue weighted by molar-refractivity contribution is -0.0249. The topological polar surface area (TPSA) is 59.3 Å². The minimum Gasteiger partial charge on any atom is -0.381 e. The van der Waals surface area contributed by atoms with Crippen LogP contribution in [-0.2, 0) is 9.47 Å². The van der Waals surface area contributed by atoms with Crippen LogP contribution in [0, 0.1) is 18.7 Å².